The van der Waals surface area contributed by atoms with Crippen molar-refractivity contribution < 1.29 is 69.0 Å². The van der Waals surface area contributed by atoms with Crippen LogP contribution in [0, 0.1) is 5.92 Å². The minimum Gasteiger partial charge on any atom is -0.657 e. The summed E-state index contributed by atoms with van der Waals surface area (Å²) >= 11 is 0. The summed E-state index contributed by atoms with van der Waals surface area (Å²) < 4.78 is 25.9. The Labute approximate surface area is 354 Å². The molecule has 1 aromatic carbocycles. The summed E-state index contributed by atoms with van der Waals surface area (Å²) in [4.78, 5) is 42.5. The van der Waals surface area contributed by atoms with Crippen molar-refractivity contribution in [2.24, 2.45) is 17.4 Å². The van der Waals surface area contributed by atoms with Crippen molar-refractivity contribution in [3.8, 4) is 0 Å². The summed E-state index contributed by atoms with van der Waals surface area (Å²) in [6, 6.07) is 9.55. The molecule has 56 heavy (non-hydrogen) atoms. The molecule has 15 nitrogen and oxygen atoms in total. The van der Waals surface area contributed by atoms with Gasteiger partial charge in [-0.15, -0.1) is 0 Å². The molecule has 3 amide bonds. The van der Waals surface area contributed by atoms with Crippen LogP contribution in [0.2, 0.25) is 0 Å². The van der Waals surface area contributed by atoms with Crippen molar-refractivity contribution >= 4 is 24.2 Å². The monoisotopic (exact) mass is 977 g/mol. The maximum absolute atomic E-state index is 11.5. The van der Waals surface area contributed by atoms with Crippen LogP contribution in [0.4, 0.5) is 0 Å². The smallest absolute Gasteiger partial charge is 0.293 e. The number of hydrogen-bond acceptors (Lipinski definition) is 11. The van der Waals surface area contributed by atoms with E-state index in [-0.39, 0.29) is 45.2 Å². The van der Waals surface area contributed by atoms with Crippen molar-refractivity contribution in [3.05, 3.63) is 41.6 Å². The largest absolute Gasteiger partial charge is 0.657 e. The van der Waals surface area contributed by atoms with Crippen molar-refractivity contribution in [1.82, 2.24) is 10.6 Å². The van der Waals surface area contributed by atoms with E-state index < -0.39 is 18.2 Å². The third-order valence-corrected chi connectivity index (χ3v) is 5.88. The van der Waals surface area contributed by atoms with E-state index in [9.17, 15) is 19.2 Å². The van der Waals surface area contributed by atoms with Gasteiger partial charge in [-0.1, -0.05) is 113 Å². The molecule has 0 fully saturated rings. The van der Waals surface area contributed by atoms with Crippen molar-refractivity contribution in [1.29, 1.82) is 0 Å². The Kier molecular flexibility index (Phi) is 75.2. The zero-order valence-electron chi connectivity index (χ0n) is 36.7. The van der Waals surface area contributed by atoms with Gasteiger partial charge in [0.05, 0.1) is 52.9 Å². The van der Waals surface area contributed by atoms with Crippen LogP contribution in [0.25, 0.3) is 5.73 Å². The summed E-state index contributed by atoms with van der Waals surface area (Å²) in [7, 11) is 0. The fraction of sp³-hybridized carbons (Fsp3) is 0.750. The van der Waals surface area contributed by atoms with Gasteiger partial charge < -0.3 is 56.6 Å². The summed E-state index contributed by atoms with van der Waals surface area (Å²) in [5.74, 6) is -0.720. The quantitative estimate of drug-likeness (QED) is 0.0571. The van der Waals surface area contributed by atoms with E-state index in [0.29, 0.717) is 91.9 Å². The average molecular weight is 977 g/mol. The van der Waals surface area contributed by atoms with Crippen LogP contribution in [-0.4, -0.2) is 108 Å². The predicted octanol–water partition coefficient (Wildman–Crippen LogP) is 5.54. The first kappa shape index (κ1) is 68.2. The van der Waals surface area contributed by atoms with Crippen LogP contribution in [0.1, 0.15) is 114 Å². The van der Waals surface area contributed by atoms with Gasteiger partial charge in [0.1, 0.15) is 12.7 Å². The maximum atomic E-state index is 11.5. The van der Waals surface area contributed by atoms with Crippen LogP contribution in [0.5, 0.6) is 0 Å². The first-order chi connectivity index (χ1) is 26.6. The number of carbonyl (C=O) groups excluding carboxylic acids is 4. The Bertz CT molecular complexity index is 908. The number of nitrogens with two attached hydrogens (primary N) is 2. The normalized spacial score (nSPS) is 10.2. The molecule has 0 saturated heterocycles. The number of nitrogens with one attached hydrogen (secondary N) is 3. The number of aliphatic hydroxyl groups is 1. The van der Waals surface area contributed by atoms with Gasteiger partial charge in [0.2, 0.25) is 17.7 Å². The number of carbonyl (C=O) groups is 4. The van der Waals surface area contributed by atoms with E-state index in [2.05, 4.69) is 15.4 Å². The molecule has 1 aromatic rings. The zero-order valence-corrected chi connectivity index (χ0v) is 39.6. The Hall–Kier alpha value is -2.49. The molecule has 0 aliphatic heterocycles. The molecule has 0 aliphatic rings. The fourth-order valence-corrected chi connectivity index (χ4v) is 3.06. The maximum Gasteiger partial charge on any atom is 0.293 e. The molecule has 0 radical (unpaired) electrons. The van der Waals surface area contributed by atoms with E-state index in [4.69, 9.17) is 41.3 Å². The first-order valence-electron chi connectivity index (χ1n) is 19.9. The minimum atomic E-state index is -0.994. The van der Waals surface area contributed by atoms with E-state index in [0.717, 1.165) is 18.4 Å². The Morgan fingerprint density at radius 2 is 1.25 bits per heavy atom. The van der Waals surface area contributed by atoms with E-state index in [1.807, 2.05) is 99.6 Å². The van der Waals surface area contributed by atoms with Crippen molar-refractivity contribution in [2.45, 2.75) is 127 Å². The average Bonchev–Trinajstić information content (AvgIpc) is 3.22. The third-order valence-electron chi connectivity index (χ3n) is 5.88. The predicted molar refractivity (Wildman–Crippen MR) is 223 cm³/mol. The van der Waals surface area contributed by atoms with Gasteiger partial charge in [-0.25, -0.2) is 0 Å². The van der Waals surface area contributed by atoms with Gasteiger partial charge in [-0.3, -0.25) is 19.2 Å². The minimum absolute atomic E-state index is 0. The van der Waals surface area contributed by atoms with Gasteiger partial charge >= 0.3 is 0 Å². The summed E-state index contributed by atoms with van der Waals surface area (Å²) in [6.07, 6.45) is 1.15. The molecule has 0 bridgehead atoms. The number of amides is 3. The van der Waals surface area contributed by atoms with Gasteiger partial charge in [-0.05, 0) is 37.3 Å². The van der Waals surface area contributed by atoms with E-state index in [1.165, 1.54) is 0 Å². The third kappa shape index (κ3) is 60.7. The zero-order chi connectivity index (χ0) is 43.5. The number of aliphatic hydroxyl groups excluding tert-OH is 1. The first-order valence-corrected chi connectivity index (χ1v) is 19.9. The van der Waals surface area contributed by atoms with Crippen LogP contribution in [0.15, 0.2) is 30.3 Å². The van der Waals surface area contributed by atoms with Crippen LogP contribution in [-0.2, 0) is 70.5 Å². The molecule has 0 saturated carbocycles. The van der Waals surface area contributed by atoms with Crippen LogP contribution < -0.4 is 22.1 Å². The Morgan fingerprint density at radius 3 is 1.66 bits per heavy atom. The molecule has 0 spiro atoms. The SMILES string of the molecule is CC.CC.CC.CC.CCC(=O)NCCOCCOCCOCCOCCC(=O)NC([NH-])C(C)C.NCCCCC(O)C(N)=O.O=COCc1ccccc1.[W]. The van der Waals surface area contributed by atoms with Crippen molar-refractivity contribution in [2.75, 3.05) is 65.9 Å². The molecular weight excluding hydrogens is 894 g/mol. The van der Waals surface area contributed by atoms with Gasteiger partial charge in [-0.2, -0.15) is 0 Å². The summed E-state index contributed by atoms with van der Waals surface area (Å²) in [6.45, 7) is 27.0. The van der Waals surface area contributed by atoms with Crippen LogP contribution in [0.3, 0.4) is 0 Å². The molecule has 0 aromatic heterocycles. The molecule has 16 heteroatoms. The van der Waals surface area contributed by atoms with E-state index >= 15 is 0 Å². The Morgan fingerprint density at radius 1 is 0.786 bits per heavy atom. The number of ether oxygens (including phenoxy) is 5. The molecule has 2 unspecified atom stereocenters. The second-order valence-corrected chi connectivity index (χ2v) is 10.3. The number of unbranched alkanes of at least 4 members (excludes halogenated alkanes) is 1. The van der Waals surface area contributed by atoms with Crippen molar-refractivity contribution in [3.63, 3.8) is 0 Å². The molecule has 0 aliphatic carbocycles. The van der Waals surface area contributed by atoms with Gasteiger partial charge in [0.15, 0.2) is 0 Å². The number of benzene rings is 1. The number of rotatable bonds is 26. The molecule has 334 valence electrons. The van der Waals surface area contributed by atoms with Gasteiger partial charge in [0, 0.05) is 40.5 Å². The summed E-state index contributed by atoms with van der Waals surface area (Å²) in [5.41, 5.74) is 18.6. The second-order valence-electron chi connectivity index (χ2n) is 10.3. The topological polar surface area (TPSA) is 235 Å². The number of hydrogen-bond donors (Lipinski definition) is 5. The molecular formula is C40H82N5O10W-. The number of primary amides is 1. The molecule has 2 atom stereocenters. The molecule has 0 heterocycles. The Balaban J connectivity index is -0.000000136. The van der Waals surface area contributed by atoms with Crippen LogP contribution >= 0.6 is 0 Å². The fourth-order valence-electron chi connectivity index (χ4n) is 3.06. The summed E-state index contributed by atoms with van der Waals surface area (Å²) in [5, 5.41) is 14.2. The second kappa shape index (κ2) is 61.7. The van der Waals surface area contributed by atoms with E-state index in [1.54, 1.807) is 6.92 Å². The standard InChI is InChI=1S/C18H36N3O6.C8H8O2.C6H14N2O2.4C2H6.W/c1-4-16(22)20-6-8-25-10-12-27-14-13-26-11-9-24-7-5-17(23)21-18(19)15(2)3;9-7-10-6-8-4-2-1-3-5-8;7-4-2-1-3-5(9)6(8)10;4*1-2;/h15,18-19H,4-14H2,1-3H3,(H,20,22)(H,21,23);1-5,7H,6H2;5,9H,1-4,7H2,(H2,8,10);4*1-2H3;/q-1;;;;;;;. The van der Waals surface area contributed by atoms with Gasteiger partial charge in [0.25, 0.3) is 6.47 Å². The molecule has 1 rings (SSSR count). The molecule has 8 N–H and O–H groups in total.